The van der Waals surface area contributed by atoms with E-state index in [4.69, 9.17) is 16.0 Å². The van der Waals surface area contributed by atoms with E-state index in [-0.39, 0.29) is 17.1 Å². The molecule has 0 aliphatic heterocycles. The summed E-state index contributed by atoms with van der Waals surface area (Å²) >= 11 is 5.87. The van der Waals surface area contributed by atoms with Gasteiger partial charge in [-0.15, -0.1) is 11.6 Å². The topological polar surface area (TPSA) is 30.2 Å². The average molecular weight is 227 g/mol. The smallest absolute Gasteiger partial charge is 0.153 e. The van der Waals surface area contributed by atoms with Gasteiger partial charge in [0.15, 0.2) is 5.78 Å². The van der Waals surface area contributed by atoms with Gasteiger partial charge in [0.2, 0.25) is 0 Å². The van der Waals surface area contributed by atoms with Crippen molar-refractivity contribution in [3.8, 4) is 0 Å². The maximum atomic E-state index is 11.5. The second kappa shape index (κ2) is 4.84. The van der Waals surface area contributed by atoms with Crippen molar-refractivity contribution in [2.24, 2.45) is 5.92 Å². The van der Waals surface area contributed by atoms with Crippen LogP contribution in [0.2, 0.25) is 0 Å². The van der Waals surface area contributed by atoms with Crippen molar-refractivity contribution >= 4 is 17.4 Å². The van der Waals surface area contributed by atoms with Crippen molar-refractivity contribution in [3.05, 3.63) is 24.2 Å². The fraction of sp³-hybridized carbons (Fsp3) is 0.583. The molecule has 1 fully saturated rings. The first-order chi connectivity index (χ1) is 7.27. The number of carbonyl (C=O) groups excluding carboxylic acids is 1. The molecule has 0 radical (unpaired) electrons. The van der Waals surface area contributed by atoms with Crippen molar-refractivity contribution < 1.29 is 9.21 Å². The van der Waals surface area contributed by atoms with Crippen LogP contribution in [0.15, 0.2) is 22.8 Å². The monoisotopic (exact) mass is 226 g/mol. The van der Waals surface area contributed by atoms with Crippen LogP contribution in [0.3, 0.4) is 0 Å². The maximum Gasteiger partial charge on any atom is 0.153 e. The van der Waals surface area contributed by atoms with Crippen LogP contribution in [0.5, 0.6) is 0 Å². The van der Waals surface area contributed by atoms with E-state index in [1.54, 1.807) is 6.26 Å². The van der Waals surface area contributed by atoms with Crippen LogP contribution in [0, 0.1) is 5.92 Å². The summed E-state index contributed by atoms with van der Waals surface area (Å²) in [5, 5.41) is -0.224. The minimum absolute atomic E-state index is 0.197. The van der Waals surface area contributed by atoms with Crippen molar-refractivity contribution in [2.75, 3.05) is 0 Å². The van der Waals surface area contributed by atoms with Gasteiger partial charge in [0, 0.05) is 12.3 Å². The molecule has 15 heavy (non-hydrogen) atoms. The third-order valence-corrected chi connectivity index (χ3v) is 3.47. The number of furan rings is 1. The van der Waals surface area contributed by atoms with Gasteiger partial charge in [0.25, 0.3) is 0 Å². The van der Waals surface area contributed by atoms with Crippen LogP contribution in [0.25, 0.3) is 0 Å². The number of hydrogen-bond donors (Lipinski definition) is 0. The molecule has 1 aromatic heterocycles. The fourth-order valence-electron chi connectivity index (χ4n) is 2.15. The fourth-order valence-corrected chi connectivity index (χ4v) is 2.46. The molecule has 0 aromatic carbocycles. The molecule has 0 unspecified atom stereocenters. The summed E-state index contributed by atoms with van der Waals surface area (Å²) in [4.78, 5) is 11.5. The van der Waals surface area contributed by atoms with Crippen LogP contribution < -0.4 is 0 Å². The van der Waals surface area contributed by atoms with Crippen molar-refractivity contribution in [1.29, 1.82) is 0 Å². The molecule has 2 atom stereocenters. The van der Waals surface area contributed by atoms with Gasteiger partial charge in [-0.25, -0.2) is 0 Å². The number of Topliss-reactive ketones (excluding diaryl/α,β-unsaturated/α-hetero) is 1. The number of aryl methyl sites for hydroxylation is 1. The van der Waals surface area contributed by atoms with E-state index in [0.29, 0.717) is 0 Å². The van der Waals surface area contributed by atoms with Gasteiger partial charge in [-0.3, -0.25) is 4.79 Å². The Morgan fingerprint density at radius 3 is 2.93 bits per heavy atom. The molecule has 3 heteroatoms. The number of ketones is 1. The molecule has 1 heterocycles. The van der Waals surface area contributed by atoms with Gasteiger partial charge in [0.1, 0.15) is 5.76 Å². The van der Waals surface area contributed by atoms with Crippen LogP contribution in [-0.4, -0.2) is 11.2 Å². The predicted molar refractivity (Wildman–Crippen MR) is 59.0 cm³/mol. The maximum absolute atomic E-state index is 11.5. The molecule has 2 rings (SSSR count). The summed E-state index contributed by atoms with van der Waals surface area (Å²) in [6.07, 6.45) is 6.38. The van der Waals surface area contributed by atoms with E-state index in [9.17, 15) is 4.79 Å². The first-order valence-corrected chi connectivity index (χ1v) is 5.91. The van der Waals surface area contributed by atoms with Crippen molar-refractivity contribution in [2.45, 2.75) is 37.5 Å². The lowest BCUT2D eigenvalue weighted by Crippen LogP contribution is -2.13. The Labute approximate surface area is 94.6 Å². The third-order valence-electron chi connectivity index (χ3n) is 3.04. The minimum Gasteiger partial charge on any atom is -0.469 e. The highest BCUT2D eigenvalue weighted by atomic mass is 35.5. The Morgan fingerprint density at radius 2 is 2.33 bits per heavy atom. The minimum atomic E-state index is -0.224. The number of rotatable bonds is 4. The summed E-state index contributed by atoms with van der Waals surface area (Å²) in [7, 11) is 0. The second-order valence-corrected chi connectivity index (χ2v) is 4.64. The third kappa shape index (κ3) is 2.63. The molecule has 1 saturated carbocycles. The standard InChI is InChI=1S/C12H15ClO2/c13-11-7-6-9(12(11)14)3-1-4-10-5-2-8-15-10/h2,5,8-9,11H,1,3-4,6-7H2/t9-,11+/m1/s1. The Kier molecular flexibility index (Phi) is 3.47. The zero-order chi connectivity index (χ0) is 10.7. The zero-order valence-electron chi connectivity index (χ0n) is 8.62. The number of carbonyl (C=O) groups is 1. The molecule has 1 aromatic rings. The van der Waals surface area contributed by atoms with E-state index in [1.165, 1.54) is 0 Å². The number of halogens is 1. The van der Waals surface area contributed by atoms with E-state index in [2.05, 4.69) is 0 Å². The summed E-state index contributed by atoms with van der Waals surface area (Å²) in [5.74, 6) is 1.45. The Balaban J connectivity index is 1.73. The van der Waals surface area contributed by atoms with Crippen LogP contribution >= 0.6 is 11.6 Å². The SMILES string of the molecule is O=C1[C@H](CCCc2ccco2)CC[C@@H]1Cl. The van der Waals surface area contributed by atoms with E-state index in [1.807, 2.05) is 12.1 Å². The van der Waals surface area contributed by atoms with E-state index < -0.39 is 0 Å². The Bertz CT molecular complexity index is 318. The highest BCUT2D eigenvalue weighted by Gasteiger charge is 2.31. The van der Waals surface area contributed by atoms with Gasteiger partial charge < -0.3 is 4.42 Å². The van der Waals surface area contributed by atoms with Gasteiger partial charge in [-0.05, 0) is 37.8 Å². The molecule has 82 valence electrons. The summed E-state index contributed by atoms with van der Waals surface area (Å²) < 4.78 is 5.24. The van der Waals surface area contributed by atoms with E-state index in [0.717, 1.165) is 37.9 Å². The molecule has 0 N–H and O–H groups in total. The lowest BCUT2D eigenvalue weighted by Gasteiger charge is -2.06. The van der Waals surface area contributed by atoms with Crippen LogP contribution in [-0.2, 0) is 11.2 Å². The number of alkyl halides is 1. The largest absolute Gasteiger partial charge is 0.469 e. The van der Waals surface area contributed by atoms with Crippen molar-refractivity contribution in [3.63, 3.8) is 0 Å². The molecule has 1 aliphatic carbocycles. The molecule has 0 amide bonds. The molecular formula is C12H15ClO2. The normalized spacial score (nSPS) is 26.1. The first-order valence-electron chi connectivity index (χ1n) is 5.47. The lowest BCUT2D eigenvalue weighted by atomic mass is 9.99. The predicted octanol–water partition coefficient (Wildman–Crippen LogP) is 3.19. The van der Waals surface area contributed by atoms with Gasteiger partial charge in [0.05, 0.1) is 11.6 Å². The van der Waals surface area contributed by atoms with E-state index >= 15 is 0 Å². The van der Waals surface area contributed by atoms with Crippen LogP contribution in [0.1, 0.15) is 31.4 Å². The molecule has 1 aliphatic rings. The van der Waals surface area contributed by atoms with Crippen LogP contribution in [0.4, 0.5) is 0 Å². The zero-order valence-corrected chi connectivity index (χ0v) is 9.37. The molecule has 0 saturated heterocycles. The van der Waals surface area contributed by atoms with Gasteiger partial charge >= 0.3 is 0 Å². The van der Waals surface area contributed by atoms with Crippen molar-refractivity contribution in [1.82, 2.24) is 0 Å². The highest BCUT2D eigenvalue weighted by Crippen LogP contribution is 2.29. The number of hydrogen-bond acceptors (Lipinski definition) is 2. The average Bonchev–Trinajstić information content (AvgIpc) is 2.83. The first kappa shape index (κ1) is 10.7. The molecular weight excluding hydrogens is 212 g/mol. The molecule has 2 nitrogen and oxygen atoms in total. The summed E-state index contributed by atoms with van der Waals surface area (Å²) in [5.41, 5.74) is 0. The molecule has 0 spiro atoms. The quantitative estimate of drug-likeness (QED) is 0.739. The highest BCUT2D eigenvalue weighted by molar-refractivity contribution is 6.32. The van der Waals surface area contributed by atoms with Gasteiger partial charge in [-0.1, -0.05) is 0 Å². The lowest BCUT2D eigenvalue weighted by molar-refractivity contribution is -0.120. The second-order valence-electron chi connectivity index (χ2n) is 4.12. The molecule has 0 bridgehead atoms. The summed E-state index contributed by atoms with van der Waals surface area (Å²) in [6.45, 7) is 0. The Morgan fingerprint density at radius 1 is 1.47 bits per heavy atom. The van der Waals surface area contributed by atoms with Gasteiger partial charge in [-0.2, -0.15) is 0 Å². The Hall–Kier alpha value is -0.760. The summed E-state index contributed by atoms with van der Waals surface area (Å²) in [6, 6.07) is 3.87.